The maximum Gasteiger partial charge on any atom is 0.266 e. The van der Waals surface area contributed by atoms with Gasteiger partial charge in [-0.15, -0.1) is 0 Å². The van der Waals surface area contributed by atoms with E-state index in [9.17, 15) is 4.79 Å². The highest BCUT2D eigenvalue weighted by atomic mass is 79.9. The predicted molar refractivity (Wildman–Crippen MR) is 130 cm³/mol. The molecule has 1 saturated heterocycles. The summed E-state index contributed by atoms with van der Waals surface area (Å²) in [6, 6.07) is 16.7. The van der Waals surface area contributed by atoms with Crippen LogP contribution >= 0.6 is 39.3 Å². The Hall–Kier alpha value is -2.48. The lowest BCUT2D eigenvalue weighted by Crippen LogP contribution is -2.28. The Balaban J connectivity index is 1.59. The summed E-state index contributed by atoms with van der Waals surface area (Å²) in [5.41, 5.74) is 1.61. The molecule has 0 aliphatic carbocycles. The fourth-order valence-corrected chi connectivity index (χ4v) is 4.47. The van der Waals surface area contributed by atoms with E-state index in [0.29, 0.717) is 33.2 Å². The number of amides is 1. The summed E-state index contributed by atoms with van der Waals surface area (Å²) in [4.78, 5) is 19.7. The van der Waals surface area contributed by atoms with E-state index >= 15 is 0 Å². The first-order valence-corrected chi connectivity index (χ1v) is 11.5. The summed E-state index contributed by atoms with van der Waals surface area (Å²) < 4.78 is 11.9. The molecule has 0 saturated carbocycles. The number of halogens is 2. The second kappa shape index (κ2) is 9.34. The van der Waals surface area contributed by atoms with Gasteiger partial charge in [0.2, 0.25) is 0 Å². The van der Waals surface area contributed by atoms with E-state index in [1.807, 2.05) is 61.5 Å². The molecule has 0 spiro atoms. The topological polar surface area (TPSA) is 55.0 Å². The van der Waals surface area contributed by atoms with Crippen molar-refractivity contribution in [1.29, 1.82) is 0 Å². The highest BCUT2D eigenvalue weighted by Crippen LogP contribution is 2.35. The molecule has 1 amide bonds. The average molecular weight is 518 g/mol. The van der Waals surface area contributed by atoms with Crippen molar-refractivity contribution < 1.29 is 13.9 Å². The van der Waals surface area contributed by atoms with Crippen LogP contribution in [0.2, 0.25) is 5.02 Å². The van der Waals surface area contributed by atoms with Gasteiger partial charge in [0.15, 0.2) is 5.17 Å². The van der Waals surface area contributed by atoms with E-state index in [1.165, 1.54) is 11.8 Å². The molecule has 158 valence electrons. The summed E-state index contributed by atoms with van der Waals surface area (Å²) in [6.45, 7) is 2.45. The van der Waals surface area contributed by atoms with Crippen LogP contribution in [0.15, 0.2) is 73.4 Å². The van der Waals surface area contributed by atoms with Crippen molar-refractivity contribution in [2.45, 2.75) is 6.92 Å². The first-order chi connectivity index (χ1) is 15.0. The van der Waals surface area contributed by atoms with E-state index in [-0.39, 0.29) is 5.91 Å². The molecule has 1 fully saturated rings. The zero-order valence-electron chi connectivity index (χ0n) is 16.8. The van der Waals surface area contributed by atoms with E-state index in [0.717, 1.165) is 21.5 Å². The molecular weight excluding hydrogens is 500 g/mol. The maximum atomic E-state index is 12.9. The third kappa shape index (κ3) is 4.74. The molecule has 31 heavy (non-hydrogen) atoms. The maximum absolute atomic E-state index is 12.9. The van der Waals surface area contributed by atoms with Crippen molar-refractivity contribution >= 4 is 62.1 Å². The van der Waals surface area contributed by atoms with Gasteiger partial charge in [-0.25, -0.2) is 4.99 Å². The first-order valence-electron chi connectivity index (χ1n) is 9.48. The van der Waals surface area contributed by atoms with E-state index in [1.54, 1.807) is 18.1 Å². The molecule has 0 radical (unpaired) electrons. The molecule has 0 bridgehead atoms. The van der Waals surface area contributed by atoms with E-state index < -0.39 is 0 Å². The van der Waals surface area contributed by atoms with Crippen LogP contribution in [-0.2, 0) is 4.79 Å². The molecule has 4 rings (SSSR count). The van der Waals surface area contributed by atoms with Crippen molar-refractivity contribution in [3.63, 3.8) is 0 Å². The summed E-state index contributed by atoms with van der Waals surface area (Å²) in [7, 11) is 1.62. The van der Waals surface area contributed by atoms with Gasteiger partial charge in [0.25, 0.3) is 5.91 Å². The van der Waals surface area contributed by atoms with Gasteiger partial charge in [0, 0.05) is 22.7 Å². The van der Waals surface area contributed by atoms with Gasteiger partial charge < -0.3 is 9.15 Å². The van der Waals surface area contributed by atoms with E-state index in [4.69, 9.17) is 20.8 Å². The Bertz CT molecular complexity index is 1190. The van der Waals surface area contributed by atoms with Gasteiger partial charge in [-0.05, 0) is 83.1 Å². The zero-order valence-corrected chi connectivity index (χ0v) is 19.9. The number of furan rings is 1. The van der Waals surface area contributed by atoms with Crippen LogP contribution in [0, 0.1) is 0 Å². The van der Waals surface area contributed by atoms with Crippen molar-refractivity contribution in [2.24, 2.45) is 4.99 Å². The number of amidine groups is 1. The van der Waals surface area contributed by atoms with Crippen molar-refractivity contribution in [1.82, 2.24) is 4.90 Å². The molecular formula is C23H18BrClN2O3S. The highest BCUT2D eigenvalue weighted by Gasteiger charge is 2.32. The van der Waals surface area contributed by atoms with Crippen molar-refractivity contribution in [3.05, 3.63) is 74.8 Å². The number of likely N-dealkylation sites (N-methyl/N-ethyl adjacent to an activating group) is 1. The van der Waals surface area contributed by atoms with Crippen LogP contribution in [0.4, 0.5) is 5.69 Å². The second-order valence-electron chi connectivity index (χ2n) is 6.58. The van der Waals surface area contributed by atoms with Crippen molar-refractivity contribution in [3.8, 4) is 17.1 Å². The monoisotopic (exact) mass is 516 g/mol. The van der Waals surface area contributed by atoms with Crippen molar-refractivity contribution in [2.75, 3.05) is 13.7 Å². The Labute approximate surface area is 197 Å². The van der Waals surface area contributed by atoms with Gasteiger partial charge in [-0.3, -0.25) is 9.69 Å². The zero-order chi connectivity index (χ0) is 22.0. The third-order valence-electron chi connectivity index (χ3n) is 4.61. The molecule has 8 heteroatoms. The number of ether oxygens (including phenoxy) is 1. The molecule has 1 aliphatic rings. The van der Waals surface area contributed by atoms with Gasteiger partial charge in [-0.1, -0.05) is 17.7 Å². The Kier molecular flexibility index (Phi) is 6.55. The van der Waals surface area contributed by atoms with Crippen LogP contribution in [-0.4, -0.2) is 29.6 Å². The van der Waals surface area contributed by atoms with Crippen LogP contribution < -0.4 is 4.74 Å². The standard InChI is InChI=1S/C23H18BrClN2O3S/c1-3-27-22(28)21(31-23(27)26-15-5-7-16(29-2)8-6-15)13-17-9-11-20(30-17)14-4-10-18(24)19(25)12-14/h4-13H,3H2,1-2H3/b21-13+,26-23?. The van der Waals surface area contributed by atoms with Gasteiger partial charge >= 0.3 is 0 Å². The minimum atomic E-state index is -0.0932. The first kappa shape index (κ1) is 21.7. The SMILES string of the molecule is CCN1C(=O)/C(=C\c2ccc(-c3ccc(Br)c(Cl)c3)o2)SC1=Nc1ccc(OC)cc1. The Morgan fingerprint density at radius 3 is 2.65 bits per heavy atom. The normalized spacial score (nSPS) is 16.5. The quantitative estimate of drug-likeness (QED) is 0.342. The molecule has 0 atom stereocenters. The van der Waals surface area contributed by atoms with Gasteiger partial charge in [-0.2, -0.15) is 0 Å². The molecule has 3 aromatic rings. The summed E-state index contributed by atoms with van der Waals surface area (Å²) in [5, 5.41) is 1.24. The number of aliphatic imine (C=N–C) groups is 1. The van der Waals surface area contributed by atoms with Gasteiger partial charge in [0.05, 0.1) is 22.7 Å². The summed E-state index contributed by atoms with van der Waals surface area (Å²) in [5.74, 6) is 1.93. The molecule has 2 aromatic carbocycles. The molecule has 5 nitrogen and oxygen atoms in total. The fraction of sp³-hybridized carbons (Fsp3) is 0.130. The molecule has 1 aliphatic heterocycles. The number of hydrogen-bond donors (Lipinski definition) is 0. The highest BCUT2D eigenvalue weighted by molar-refractivity contribution is 9.10. The average Bonchev–Trinajstić information content (AvgIpc) is 3.35. The number of rotatable bonds is 5. The minimum Gasteiger partial charge on any atom is -0.497 e. The molecule has 0 unspecified atom stereocenters. The Morgan fingerprint density at radius 1 is 1.19 bits per heavy atom. The number of nitrogens with zero attached hydrogens (tertiary/aromatic N) is 2. The predicted octanol–water partition coefficient (Wildman–Crippen LogP) is 7.00. The molecule has 2 heterocycles. The lowest BCUT2D eigenvalue weighted by atomic mass is 10.2. The second-order valence-corrected chi connectivity index (χ2v) is 8.85. The smallest absolute Gasteiger partial charge is 0.266 e. The van der Waals surface area contributed by atoms with Crippen LogP contribution in [0.25, 0.3) is 17.4 Å². The number of methoxy groups -OCH3 is 1. The fourth-order valence-electron chi connectivity index (χ4n) is 3.00. The van der Waals surface area contributed by atoms with Crippen LogP contribution in [0.5, 0.6) is 5.75 Å². The van der Waals surface area contributed by atoms with Gasteiger partial charge in [0.1, 0.15) is 17.3 Å². The summed E-state index contributed by atoms with van der Waals surface area (Å²) >= 11 is 10.9. The number of thioether (sulfide) groups is 1. The minimum absolute atomic E-state index is 0.0932. The number of carbonyl (C=O) groups excluding carboxylic acids is 1. The lowest BCUT2D eigenvalue weighted by molar-refractivity contribution is -0.122. The largest absolute Gasteiger partial charge is 0.497 e. The number of benzene rings is 2. The third-order valence-corrected chi connectivity index (χ3v) is 6.84. The summed E-state index contributed by atoms with van der Waals surface area (Å²) in [6.07, 6.45) is 1.75. The number of hydrogen-bond acceptors (Lipinski definition) is 5. The lowest BCUT2D eigenvalue weighted by Gasteiger charge is -2.12. The van der Waals surface area contributed by atoms with E-state index in [2.05, 4.69) is 20.9 Å². The Morgan fingerprint density at radius 2 is 1.97 bits per heavy atom. The number of carbonyl (C=O) groups is 1. The molecule has 0 N–H and O–H groups in total. The molecule has 1 aromatic heterocycles. The van der Waals surface area contributed by atoms with Crippen LogP contribution in [0.3, 0.4) is 0 Å². The van der Waals surface area contributed by atoms with Crippen LogP contribution in [0.1, 0.15) is 12.7 Å².